The number of hydrogen-bond acceptors (Lipinski definition) is 3. The number of benzene rings is 3. The van der Waals surface area contributed by atoms with Crippen LogP contribution in [0.4, 0.5) is 11.4 Å². The molecular formula is C43H51N2O2+. The van der Waals surface area contributed by atoms with E-state index in [4.69, 9.17) is 9.47 Å². The molecule has 47 heavy (non-hydrogen) atoms. The molecule has 3 aromatic carbocycles. The molecule has 2 heterocycles. The molecule has 2 spiro atoms. The Kier molecular flexibility index (Phi) is 9.60. The SMILES string of the molecule is COCCN1/C(=C/C=C/C=C/C=C/C2=[N+](CCOC)c3ccc4ccccc4c3C23CCCCC3)C2(CCCCC2)c2ccccc21. The van der Waals surface area contributed by atoms with Gasteiger partial charge in [-0.05, 0) is 60.2 Å². The Morgan fingerprint density at radius 1 is 0.702 bits per heavy atom. The molecule has 0 saturated heterocycles. The smallest absolute Gasteiger partial charge is 0.210 e. The van der Waals surface area contributed by atoms with Crippen molar-refractivity contribution in [2.75, 3.05) is 45.4 Å². The summed E-state index contributed by atoms with van der Waals surface area (Å²) < 4.78 is 13.7. The standard InChI is InChI=1S/C43H51N2O2/c1-46-32-30-44-37-21-13-12-20-36(37)42(26-14-6-15-27-42)39(44)22-8-4-3-5-9-23-40-43(28-16-7-17-29-43)41-35-19-11-10-18-34(35)24-25-38(41)45(40)31-33-47-2/h3-5,8-13,18-25H,6-7,14-17,26-33H2,1-2H3/q+1. The topological polar surface area (TPSA) is 24.7 Å². The van der Waals surface area contributed by atoms with Crippen LogP contribution in [0.1, 0.15) is 75.3 Å². The van der Waals surface area contributed by atoms with Crippen LogP contribution in [0, 0.1) is 0 Å². The van der Waals surface area contributed by atoms with E-state index in [0.717, 1.165) is 19.7 Å². The first-order chi connectivity index (χ1) is 23.2. The quantitative estimate of drug-likeness (QED) is 0.165. The number of anilines is 1. The Bertz CT molecular complexity index is 1730. The number of fused-ring (bicyclic) bond motifs is 6. The first-order valence-electron chi connectivity index (χ1n) is 18.0. The highest BCUT2D eigenvalue weighted by Gasteiger charge is 2.52. The second-order valence-corrected chi connectivity index (χ2v) is 13.8. The fourth-order valence-electron chi connectivity index (χ4n) is 9.32. The number of nitrogens with zero attached hydrogens (tertiary/aromatic N) is 2. The lowest BCUT2D eigenvalue weighted by molar-refractivity contribution is -0.441. The van der Waals surface area contributed by atoms with Crippen molar-refractivity contribution in [2.45, 2.75) is 75.0 Å². The summed E-state index contributed by atoms with van der Waals surface area (Å²) in [7, 11) is 3.61. The molecule has 4 nitrogen and oxygen atoms in total. The van der Waals surface area contributed by atoms with E-state index < -0.39 is 0 Å². The number of rotatable bonds is 10. The molecule has 2 saturated carbocycles. The Morgan fingerprint density at radius 2 is 1.38 bits per heavy atom. The number of para-hydroxylation sites is 1. The molecule has 7 rings (SSSR count). The molecule has 0 aromatic heterocycles. The van der Waals surface area contributed by atoms with Crippen molar-refractivity contribution in [3.63, 3.8) is 0 Å². The van der Waals surface area contributed by atoms with Gasteiger partial charge in [-0.3, -0.25) is 0 Å². The van der Waals surface area contributed by atoms with Crippen molar-refractivity contribution >= 4 is 27.9 Å². The van der Waals surface area contributed by atoms with Crippen LogP contribution in [0.15, 0.2) is 109 Å². The third-order valence-electron chi connectivity index (χ3n) is 11.4. The number of hydrogen-bond donors (Lipinski definition) is 0. The van der Waals surface area contributed by atoms with Crippen LogP contribution in [0.5, 0.6) is 0 Å². The summed E-state index contributed by atoms with van der Waals surface area (Å²) >= 11 is 0. The lowest BCUT2D eigenvalue weighted by Gasteiger charge is -2.37. The zero-order valence-corrected chi connectivity index (χ0v) is 28.4. The van der Waals surface area contributed by atoms with Gasteiger partial charge < -0.3 is 14.4 Å². The van der Waals surface area contributed by atoms with Crippen LogP contribution in [0.2, 0.25) is 0 Å². The Hall–Kier alpha value is -3.73. The van der Waals surface area contributed by atoms with Gasteiger partial charge in [0, 0.05) is 55.3 Å². The van der Waals surface area contributed by atoms with E-state index in [0.29, 0.717) is 6.61 Å². The molecule has 4 heteroatoms. The summed E-state index contributed by atoms with van der Waals surface area (Å²) in [6, 6.07) is 22.7. The maximum absolute atomic E-state index is 5.62. The summed E-state index contributed by atoms with van der Waals surface area (Å²) in [5, 5.41) is 2.75. The van der Waals surface area contributed by atoms with Crippen LogP contribution >= 0.6 is 0 Å². The van der Waals surface area contributed by atoms with Gasteiger partial charge in [0.2, 0.25) is 5.69 Å². The minimum absolute atomic E-state index is 0.0598. The molecule has 0 atom stereocenters. The molecule has 244 valence electrons. The highest BCUT2D eigenvalue weighted by molar-refractivity contribution is 6.08. The largest absolute Gasteiger partial charge is 0.383 e. The van der Waals surface area contributed by atoms with Crippen LogP contribution in [-0.2, 0) is 20.3 Å². The summed E-state index contributed by atoms with van der Waals surface area (Å²) in [5.74, 6) is 0. The average Bonchev–Trinajstić information content (AvgIpc) is 3.51. The summed E-state index contributed by atoms with van der Waals surface area (Å²) in [4.78, 5) is 2.52. The van der Waals surface area contributed by atoms with Crippen LogP contribution in [0.3, 0.4) is 0 Å². The van der Waals surface area contributed by atoms with Crippen molar-refractivity contribution in [3.8, 4) is 0 Å². The normalized spacial score (nSPS) is 21.1. The molecule has 0 unspecified atom stereocenters. The molecular weight excluding hydrogens is 576 g/mol. The summed E-state index contributed by atoms with van der Waals surface area (Å²) in [6.07, 6.45) is 28.5. The van der Waals surface area contributed by atoms with Crippen molar-refractivity contribution in [3.05, 3.63) is 120 Å². The van der Waals surface area contributed by atoms with Crippen molar-refractivity contribution in [1.82, 2.24) is 0 Å². The molecule has 0 bridgehead atoms. The lowest BCUT2D eigenvalue weighted by atomic mass is 9.66. The van der Waals surface area contributed by atoms with Gasteiger partial charge in [0.15, 0.2) is 12.3 Å². The predicted molar refractivity (Wildman–Crippen MR) is 196 cm³/mol. The molecule has 3 aromatic rings. The second kappa shape index (κ2) is 14.2. The molecule has 0 N–H and O–H groups in total. The summed E-state index contributed by atoms with van der Waals surface area (Å²) in [6.45, 7) is 3.17. The van der Waals surface area contributed by atoms with Gasteiger partial charge in [-0.2, -0.15) is 4.58 Å². The van der Waals surface area contributed by atoms with E-state index in [2.05, 4.69) is 113 Å². The minimum atomic E-state index is 0.0598. The van der Waals surface area contributed by atoms with Crippen LogP contribution in [0.25, 0.3) is 10.8 Å². The number of allylic oxidation sites excluding steroid dienone is 8. The number of methoxy groups -OCH3 is 2. The highest BCUT2D eigenvalue weighted by atomic mass is 16.5. The van der Waals surface area contributed by atoms with Crippen LogP contribution < -0.4 is 4.90 Å². The minimum Gasteiger partial charge on any atom is -0.383 e. The lowest BCUT2D eigenvalue weighted by Crippen LogP contribution is -2.37. The zero-order chi connectivity index (χ0) is 32.1. The predicted octanol–water partition coefficient (Wildman–Crippen LogP) is 9.71. The van der Waals surface area contributed by atoms with E-state index >= 15 is 0 Å². The maximum atomic E-state index is 5.62. The van der Waals surface area contributed by atoms with Crippen molar-refractivity contribution in [1.29, 1.82) is 0 Å². The van der Waals surface area contributed by atoms with Gasteiger partial charge in [0.1, 0.15) is 6.61 Å². The van der Waals surface area contributed by atoms with E-state index in [1.165, 1.54) is 109 Å². The Morgan fingerprint density at radius 3 is 2.17 bits per heavy atom. The fourth-order valence-corrected chi connectivity index (χ4v) is 9.32. The van der Waals surface area contributed by atoms with Crippen LogP contribution in [-0.4, -0.2) is 50.8 Å². The zero-order valence-electron chi connectivity index (χ0n) is 28.4. The molecule has 0 radical (unpaired) electrons. The van der Waals surface area contributed by atoms with Crippen molar-refractivity contribution < 1.29 is 14.0 Å². The first kappa shape index (κ1) is 31.8. The monoisotopic (exact) mass is 627 g/mol. The molecule has 0 amide bonds. The maximum Gasteiger partial charge on any atom is 0.210 e. The van der Waals surface area contributed by atoms with E-state index in [1.54, 1.807) is 7.11 Å². The summed E-state index contributed by atoms with van der Waals surface area (Å²) in [5.41, 5.74) is 8.83. The van der Waals surface area contributed by atoms with Gasteiger partial charge >= 0.3 is 0 Å². The van der Waals surface area contributed by atoms with Gasteiger partial charge in [-0.25, -0.2) is 0 Å². The highest BCUT2D eigenvalue weighted by Crippen LogP contribution is 2.55. The van der Waals surface area contributed by atoms with E-state index in [-0.39, 0.29) is 10.8 Å². The Labute approximate surface area is 281 Å². The molecule has 2 aliphatic heterocycles. The van der Waals surface area contributed by atoms with Crippen molar-refractivity contribution in [2.24, 2.45) is 0 Å². The third kappa shape index (κ3) is 5.74. The Balaban J connectivity index is 1.18. The van der Waals surface area contributed by atoms with Gasteiger partial charge in [0.25, 0.3) is 0 Å². The fraction of sp³-hybridized carbons (Fsp3) is 0.419. The molecule has 2 aliphatic carbocycles. The van der Waals surface area contributed by atoms with Gasteiger partial charge in [0.05, 0.1) is 12.0 Å². The number of ether oxygens (including phenoxy) is 2. The first-order valence-corrected chi connectivity index (χ1v) is 18.0. The van der Waals surface area contributed by atoms with Gasteiger partial charge in [-0.15, -0.1) is 0 Å². The average molecular weight is 628 g/mol. The molecule has 2 fully saturated rings. The molecule has 4 aliphatic rings. The van der Waals surface area contributed by atoms with E-state index in [9.17, 15) is 0 Å². The van der Waals surface area contributed by atoms with Gasteiger partial charge in [-0.1, -0.05) is 111 Å². The third-order valence-corrected chi connectivity index (χ3v) is 11.4. The second-order valence-electron chi connectivity index (χ2n) is 13.8. The van der Waals surface area contributed by atoms with E-state index in [1.807, 2.05) is 7.11 Å².